The van der Waals surface area contributed by atoms with Crippen molar-refractivity contribution in [3.05, 3.63) is 11.6 Å². The van der Waals surface area contributed by atoms with Crippen LogP contribution in [0.5, 0.6) is 0 Å². The number of carbonyl (C=O) groups is 1. The van der Waals surface area contributed by atoms with Crippen LogP contribution in [0.4, 0.5) is 0 Å². The molecule has 0 saturated carbocycles. The van der Waals surface area contributed by atoms with E-state index < -0.39 is 18.3 Å². The van der Waals surface area contributed by atoms with Gasteiger partial charge in [-0.15, -0.1) is 0 Å². The van der Waals surface area contributed by atoms with Crippen LogP contribution < -0.4 is 0 Å². The first-order valence-corrected chi connectivity index (χ1v) is 7.07. The molecule has 1 saturated heterocycles. The highest BCUT2D eigenvalue weighted by molar-refractivity contribution is 5.85. The third-order valence-electron chi connectivity index (χ3n) is 4.24. The number of rotatable bonds is 4. The molecule has 4 atom stereocenters. The molecule has 4 nitrogen and oxygen atoms in total. The van der Waals surface area contributed by atoms with E-state index in [4.69, 9.17) is 4.74 Å². The molecule has 1 aliphatic heterocycles. The summed E-state index contributed by atoms with van der Waals surface area (Å²) in [5, 5.41) is 20.3. The quantitative estimate of drug-likeness (QED) is 0.757. The lowest BCUT2D eigenvalue weighted by atomic mass is 9.75. The van der Waals surface area contributed by atoms with Gasteiger partial charge in [-0.25, -0.2) is 0 Å². The summed E-state index contributed by atoms with van der Waals surface area (Å²) in [5.74, 6) is -0.0618. The van der Waals surface area contributed by atoms with E-state index in [1.807, 2.05) is 26.8 Å². The zero-order chi connectivity index (χ0) is 14.2. The van der Waals surface area contributed by atoms with Crippen LogP contribution in [-0.2, 0) is 9.53 Å². The van der Waals surface area contributed by atoms with Crippen LogP contribution in [0.2, 0.25) is 0 Å². The van der Waals surface area contributed by atoms with E-state index in [-0.39, 0.29) is 23.7 Å². The van der Waals surface area contributed by atoms with Gasteiger partial charge in [0.2, 0.25) is 0 Å². The average molecular weight is 268 g/mol. The molecule has 0 amide bonds. The molecule has 1 aliphatic carbocycles. The summed E-state index contributed by atoms with van der Waals surface area (Å²) >= 11 is 0. The first-order chi connectivity index (χ1) is 8.88. The number of allylic oxidation sites excluding steroid dienone is 1. The Morgan fingerprint density at radius 1 is 1.58 bits per heavy atom. The summed E-state index contributed by atoms with van der Waals surface area (Å²) in [6.07, 6.45) is 2.86. The molecule has 2 aliphatic rings. The lowest BCUT2D eigenvalue weighted by Gasteiger charge is -2.33. The third-order valence-corrected chi connectivity index (χ3v) is 4.24. The minimum atomic E-state index is -1.42. The topological polar surface area (TPSA) is 66.8 Å². The minimum Gasteiger partial charge on any atom is -0.393 e. The Labute approximate surface area is 114 Å². The van der Waals surface area contributed by atoms with Gasteiger partial charge in [-0.3, -0.25) is 4.79 Å². The van der Waals surface area contributed by atoms with Crippen LogP contribution in [0, 0.1) is 11.8 Å². The van der Waals surface area contributed by atoms with Crippen LogP contribution >= 0.6 is 0 Å². The lowest BCUT2D eigenvalue weighted by Crippen LogP contribution is -2.51. The second-order valence-electron chi connectivity index (χ2n) is 6.35. The Morgan fingerprint density at radius 2 is 2.26 bits per heavy atom. The smallest absolute Gasteiger partial charge is 0.164 e. The van der Waals surface area contributed by atoms with E-state index in [2.05, 4.69) is 0 Å². The predicted octanol–water partition coefficient (Wildman–Crippen LogP) is 1.45. The van der Waals surface area contributed by atoms with Crippen LogP contribution in [0.25, 0.3) is 0 Å². The molecule has 1 heterocycles. The first-order valence-electron chi connectivity index (χ1n) is 7.07. The number of ether oxygens (including phenoxy) is 1. The number of hydrogen-bond donors (Lipinski definition) is 2. The van der Waals surface area contributed by atoms with E-state index in [0.29, 0.717) is 6.42 Å². The fourth-order valence-electron chi connectivity index (χ4n) is 3.23. The number of carbonyl (C=O) groups excluding carboxylic acids is 1. The van der Waals surface area contributed by atoms with E-state index in [1.165, 1.54) is 5.57 Å². The molecule has 2 rings (SSSR count). The molecule has 1 fully saturated rings. The largest absolute Gasteiger partial charge is 0.393 e. The molecule has 4 heteroatoms. The summed E-state index contributed by atoms with van der Waals surface area (Å²) < 4.78 is 5.77. The highest BCUT2D eigenvalue weighted by Gasteiger charge is 2.57. The Bertz CT molecular complexity index is 388. The van der Waals surface area contributed by atoms with Crippen molar-refractivity contribution >= 4 is 5.78 Å². The highest BCUT2D eigenvalue weighted by atomic mass is 16.5. The van der Waals surface area contributed by atoms with E-state index in [0.717, 1.165) is 12.8 Å². The fourth-order valence-corrected chi connectivity index (χ4v) is 3.23. The van der Waals surface area contributed by atoms with Crippen molar-refractivity contribution in [3.8, 4) is 0 Å². The van der Waals surface area contributed by atoms with Gasteiger partial charge in [0.1, 0.15) is 11.7 Å². The Hall–Kier alpha value is -0.710. The van der Waals surface area contributed by atoms with Crippen molar-refractivity contribution in [3.63, 3.8) is 0 Å². The molecule has 0 aromatic rings. The maximum Gasteiger partial charge on any atom is 0.164 e. The van der Waals surface area contributed by atoms with Crippen LogP contribution in [0.15, 0.2) is 11.6 Å². The summed E-state index contributed by atoms with van der Waals surface area (Å²) in [4.78, 5) is 12.2. The second-order valence-corrected chi connectivity index (χ2v) is 6.35. The van der Waals surface area contributed by atoms with Crippen molar-refractivity contribution < 1.29 is 19.7 Å². The van der Waals surface area contributed by atoms with Gasteiger partial charge in [0.15, 0.2) is 5.78 Å². The van der Waals surface area contributed by atoms with Crippen LogP contribution in [0.3, 0.4) is 0 Å². The molecule has 108 valence electrons. The zero-order valence-corrected chi connectivity index (χ0v) is 11.9. The van der Waals surface area contributed by atoms with Gasteiger partial charge < -0.3 is 14.9 Å². The van der Waals surface area contributed by atoms with Crippen molar-refractivity contribution in [2.75, 3.05) is 6.61 Å². The van der Waals surface area contributed by atoms with Gasteiger partial charge >= 0.3 is 0 Å². The third kappa shape index (κ3) is 2.62. The molecular weight excluding hydrogens is 244 g/mol. The summed E-state index contributed by atoms with van der Waals surface area (Å²) in [5.41, 5.74) is -0.202. The van der Waals surface area contributed by atoms with Gasteiger partial charge in [0, 0.05) is 12.3 Å². The number of aliphatic hydroxyl groups excluding tert-OH is 1. The Kier molecular flexibility index (Phi) is 4.14. The summed E-state index contributed by atoms with van der Waals surface area (Å²) in [6, 6.07) is 0. The molecule has 0 aromatic carbocycles. The molecule has 0 bridgehead atoms. The van der Waals surface area contributed by atoms with Crippen molar-refractivity contribution in [2.24, 2.45) is 11.8 Å². The van der Waals surface area contributed by atoms with E-state index >= 15 is 0 Å². The van der Waals surface area contributed by atoms with Crippen molar-refractivity contribution in [1.29, 1.82) is 0 Å². The summed E-state index contributed by atoms with van der Waals surface area (Å²) in [6.45, 7) is 5.53. The van der Waals surface area contributed by atoms with Gasteiger partial charge in [-0.1, -0.05) is 25.5 Å². The Balaban J connectivity index is 2.23. The van der Waals surface area contributed by atoms with Crippen molar-refractivity contribution in [1.82, 2.24) is 0 Å². The molecule has 0 unspecified atom stereocenters. The van der Waals surface area contributed by atoms with Crippen LogP contribution in [0.1, 0.15) is 40.0 Å². The highest BCUT2D eigenvalue weighted by Crippen LogP contribution is 2.44. The minimum absolute atomic E-state index is 0.105. The zero-order valence-electron chi connectivity index (χ0n) is 11.9. The Morgan fingerprint density at radius 3 is 2.84 bits per heavy atom. The number of Topliss-reactive ketones (excluding diaryl/α,β-unsaturated/α-hetero) is 1. The summed E-state index contributed by atoms with van der Waals surface area (Å²) in [7, 11) is 0. The normalized spacial score (nSPS) is 38.2. The standard InChI is InChI=1S/C15H24O4/c1-9(2)6-12(17)14-15(18,8-16)11-5-4-10(3)7-13(11)19-14/h7,9,11,13-14,16,18H,4-6,8H2,1-3H3/t11-,13+,14+,15+/m0/s1. The first kappa shape index (κ1) is 14.7. The maximum atomic E-state index is 12.2. The average Bonchev–Trinajstić information content (AvgIpc) is 2.62. The number of hydrogen-bond acceptors (Lipinski definition) is 4. The van der Waals surface area contributed by atoms with E-state index in [9.17, 15) is 15.0 Å². The van der Waals surface area contributed by atoms with Gasteiger partial charge in [-0.05, 0) is 25.7 Å². The molecule has 2 N–H and O–H groups in total. The number of ketones is 1. The SMILES string of the molecule is CC1=C[C@H]2O[C@H](C(=O)CC(C)C)[C@@](O)(CO)[C@H]2CC1. The number of aliphatic hydroxyl groups is 2. The van der Waals surface area contributed by atoms with Gasteiger partial charge in [0.25, 0.3) is 0 Å². The van der Waals surface area contributed by atoms with Gasteiger partial charge in [0.05, 0.1) is 12.7 Å². The van der Waals surface area contributed by atoms with Crippen LogP contribution in [-0.4, -0.2) is 40.4 Å². The molecule has 19 heavy (non-hydrogen) atoms. The van der Waals surface area contributed by atoms with E-state index in [1.54, 1.807) is 0 Å². The molecule has 0 radical (unpaired) electrons. The maximum absolute atomic E-state index is 12.2. The molecular formula is C15H24O4. The molecule has 0 aromatic heterocycles. The lowest BCUT2D eigenvalue weighted by molar-refractivity contribution is -0.145. The fraction of sp³-hybridized carbons (Fsp3) is 0.800. The van der Waals surface area contributed by atoms with Gasteiger partial charge in [-0.2, -0.15) is 0 Å². The monoisotopic (exact) mass is 268 g/mol. The second kappa shape index (κ2) is 5.35. The predicted molar refractivity (Wildman–Crippen MR) is 71.6 cm³/mol. The molecule has 0 spiro atoms. The van der Waals surface area contributed by atoms with Crippen molar-refractivity contribution in [2.45, 2.75) is 57.8 Å². The number of fused-ring (bicyclic) bond motifs is 1.